The first-order chi connectivity index (χ1) is 8.13. The number of nitrogens with two attached hydrogens (primary N) is 1. The summed E-state index contributed by atoms with van der Waals surface area (Å²) in [5, 5.41) is 0. The maximum absolute atomic E-state index is 5.96. The van der Waals surface area contributed by atoms with Crippen molar-refractivity contribution in [3.63, 3.8) is 0 Å². The smallest absolute Gasteiger partial charge is 0.0218 e. The van der Waals surface area contributed by atoms with Crippen molar-refractivity contribution in [2.75, 3.05) is 20.1 Å². The fraction of sp³-hybridized carbons (Fsp3) is 1.00. The van der Waals surface area contributed by atoms with E-state index in [9.17, 15) is 0 Å². The summed E-state index contributed by atoms with van der Waals surface area (Å²) in [5.41, 5.74) is 5.96. The van der Waals surface area contributed by atoms with Crippen LogP contribution in [0.4, 0.5) is 0 Å². The van der Waals surface area contributed by atoms with Crippen molar-refractivity contribution in [2.45, 2.75) is 64.8 Å². The Morgan fingerprint density at radius 1 is 1.18 bits per heavy atom. The first kappa shape index (κ1) is 15.0. The van der Waals surface area contributed by atoms with E-state index >= 15 is 0 Å². The minimum atomic E-state index is 0.608. The van der Waals surface area contributed by atoms with Crippen LogP contribution in [-0.2, 0) is 0 Å². The highest BCUT2D eigenvalue weighted by molar-refractivity contribution is 4.76. The van der Waals surface area contributed by atoms with Crippen LogP contribution in [0, 0.1) is 11.8 Å². The van der Waals surface area contributed by atoms with Crippen LogP contribution < -0.4 is 5.73 Å². The van der Waals surface area contributed by atoms with Gasteiger partial charge in [-0.05, 0) is 38.3 Å². The number of likely N-dealkylation sites (N-methyl/N-ethyl adjacent to an activating group) is 1. The molecule has 1 rings (SSSR count). The first-order valence-corrected chi connectivity index (χ1v) is 7.53. The van der Waals surface area contributed by atoms with Gasteiger partial charge in [0.1, 0.15) is 0 Å². The maximum atomic E-state index is 5.96. The van der Waals surface area contributed by atoms with Crippen LogP contribution in [0.5, 0.6) is 0 Å². The van der Waals surface area contributed by atoms with E-state index in [1.807, 2.05) is 0 Å². The largest absolute Gasteiger partial charge is 0.329 e. The van der Waals surface area contributed by atoms with Gasteiger partial charge in [0.25, 0.3) is 0 Å². The average Bonchev–Trinajstić information content (AvgIpc) is 2.34. The number of hydrogen-bond donors (Lipinski definition) is 1. The van der Waals surface area contributed by atoms with E-state index in [1.54, 1.807) is 0 Å². The zero-order chi connectivity index (χ0) is 12.7. The SMILES string of the molecule is CC(C)CCN(C)C(CN)CC1CCCCC1. The molecule has 0 aliphatic heterocycles. The van der Waals surface area contributed by atoms with Crippen LogP contribution in [0.2, 0.25) is 0 Å². The molecule has 0 radical (unpaired) electrons. The number of nitrogens with zero attached hydrogens (tertiary/aromatic N) is 1. The van der Waals surface area contributed by atoms with Crippen molar-refractivity contribution in [3.05, 3.63) is 0 Å². The highest BCUT2D eigenvalue weighted by atomic mass is 15.1. The quantitative estimate of drug-likeness (QED) is 0.740. The van der Waals surface area contributed by atoms with Gasteiger partial charge < -0.3 is 10.6 Å². The molecule has 0 spiro atoms. The van der Waals surface area contributed by atoms with Crippen LogP contribution in [0.25, 0.3) is 0 Å². The predicted molar refractivity (Wildman–Crippen MR) is 76.1 cm³/mol. The molecule has 1 atom stereocenters. The Bertz CT molecular complexity index is 185. The molecule has 2 nitrogen and oxygen atoms in total. The minimum absolute atomic E-state index is 0.608. The molecule has 2 heteroatoms. The lowest BCUT2D eigenvalue weighted by Crippen LogP contribution is -2.40. The molecule has 1 aliphatic carbocycles. The van der Waals surface area contributed by atoms with Gasteiger partial charge in [0.15, 0.2) is 0 Å². The summed E-state index contributed by atoms with van der Waals surface area (Å²) in [4.78, 5) is 2.49. The fourth-order valence-electron chi connectivity index (χ4n) is 2.91. The molecule has 1 aliphatic rings. The molecule has 102 valence electrons. The zero-order valence-corrected chi connectivity index (χ0v) is 12.1. The lowest BCUT2D eigenvalue weighted by Gasteiger charge is -2.32. The van der Waals surface area contributed by atoms with Gasteiger partial charge in [-0.3, -0.25) is 0 Å². The molecule has 0 aromatic carbocycles. The van der Waals surface area contributed by atoms with Gasteiger partial charge in [-0.1, -0.05) is 46.0 Å². The zero-order valence-electron chi connectivity index (χ0n) is 12.1. The number of rotatable bonds is 7. The van der Waals surface area contributed by atoms with Crippen molar-refractivity contribution >= 4 is 0 Å². The van der Waals surface area contributed by atoms with Crippen LogP contribution >= 0.6 is 0 Å². The van der Waals surface area contributed by atoms with Gasteiger partial charge >= 0.3 is 0 Å². The minimum Gasteiger partial charge on any atom is -0.329 e. The topological polar surface area (TPSA) is 29.3 Å². The average molecular weight is 240 g/mol. The Morgan fingerprint density at radius 3 is 2.35 bits per heavy atom. The molecular weight excluding hydrogens is 208 g/mol. The Morgan fingerprint density at radius 2 is 1.82 bits per heavy atom. The molecule has 0 bridgehead atoms. The lowest BCUT2D eigenvalue weighted by molar-refractivity contribution is 0.184. The normalized spacial score (nSPS) is 20.1. The summed E-state index contributed by atoms with van der Waals surface area (Å²) >= 11 is 0. The Hall–Kier alpha value is -0.0800. The van der Waals surface area contributed by atoms with Gasteiger partial charge in [0, 0.05) is 12.6 Å². The Kier molecular flexibility index (Phi) is 7.14. The van der Waals surface area contributed by atoms with E-state index in [2.05, 4.69) is 25.8 Å². The van der Waals surface area contributed by atoms with Crippen molar-refractivity contribution < 1.29 is 0 Å². The van der Waals surface area contributed by atoms with Gasteiger partial charge in [0.2, 0.25) is 0 Å². The highest BCUT2D eigenvalue weighted by Gasteiger charge is 2.20. The number of hydrogen-bond acceptors (Lipinski definition) is 2. The van der Waals surface area contributed by atoms with Crippen molar-refractivity contribution in [1.82, 2.24) is 4.90 Å². The molecule has 1 fully saturated rings. The Balaban J connectivity index is 2.29. The standard InChI is InChI=1S/C15H32N2/c1-13(2)9-10-17(3)15(12-16)11-14-7-5-4-6-8-14/h13-15H,4-12,16H2,1-3H3. The second-order valence-corrected chi connectivity index (χ2v) is 6.29. The molecule has 0 aromatic rings. The van der Waals surface area contributed by atoms with Crippen LogP contribution in [0.15, 0.2) is 0 Å². The predicted octanol–water partition coefficient (Wildman–Crippen LogP) is 3.26. The van der Waals surface area contributed by atoms with Crippen molar-refractivity contribution in [1.29, 1.82) is 0 Å². The van der Waals surface area contributed by atoms with E-state index in [0.29, 0.717) is 6.04 Å². The van der Waals surface area contributed by atoms with Crippen LogP contribution in [0.1, 0.15) is 58.8 Å². The second-order valence-electron chi connectivity index (χ2n) is 6.29. The molecule has 0 heterocycles. The third kappa shape index (κ3) is 5.87. The second kappa shape index (κ2) is 8.10. The molecule has 0 amide bonds. The van der Waals surface area contributed by atoms with E-state index in [-0.39, 0.29) is 0 Å². The summed E-state index contributed by atoms with van der Waals surface area (Å²) < 4.78 is 0. The van der Waals surface area contributed by atoms with Gasteiger partial charge in [-0.2, -0.15) is 0 Å². The van der Waals surface area contributed by atoms with E-state index < -0.39 is 0 Å². The molecular formula is C15H32N2. The molecule has 2 N–H and O–H groups in total. The summed E-state index contributed by atoms with van der Waals surface area (Å²) in [6.07, 6.45) is 9.83. The fourth-order valence-corrected chi connectivity index (χ4v) is 2.91. The van der Waals surface area contributed by atoms with Crippen LogP contribution in [-0.4, -0.2) is 31.1 Å². The Labute approximate surface area is 108 Å². The molecule has 17 heavy (non-hydrogen) atoms. The maximum Gasteiger partial charge on any atom is 0.0218 e. The summed E-state index contributed by atoms with van der Waals surface area (Å²) in [7, 11) is 2.25. The first-order valence-electron chi connectivity index (χ1n) is 7.53. The lowest BCUT2D eigenvalue weighted by atomic mass is 9.84. The summed E-state index contributed by atoms with van der Waals surface area (Å²) in [6, 6.07) is 0.608. The molecule has 0 aromatic heterocycles. The summed E-state index contributed by atoms with van der Waals surface area (Å²) in [6.45, 7) is 6.62. The molecule has 1 unspecified atom stereocenters. The van der Waals surface area contributed by atoms with Gasteiger partial charge in [0.05, 0.1) is 0 Å². The van der Waals surface area contributed by atoms with Crippen molar-refractivity contribution in [3.8, 4) is 0 Å². The molecule has 1 saturated carbocycles. The summed E-state index contributed by atoms with van der Waals surface area (Å²) in [5.74, 6) is 1.74. The molecule has 0 saturated heterocycles. The third-order valence-corrected chi connectivity index (χ3v) is 4.28. The van der Waals surface area contributed by atoms with Gasteiger partial charge in [-0.25, -0.2) is 0 Å². The van der Waals surface area contributed by atoms with Gasteiger partial charge in [-0.15, -0.1) is 0 Å². The monoisotopic (exact) mass is 240 g/mol. The van der Waals surface area contributed by atoms with Crippen molar-refractivity contribution in [2.24, 2.45) is 17.6 Å². The van der Waals surface area contributed by atoms with E-state index in [4.69, 9.17) is 5.73 Å². The third-order valence-electron chi connectivity index (χ3n) is 4.28. The van der Waals surface area contributed by atoms with E-state index in [0.717, 1.165) is 18.4 Å². The van der Waals surface area contributed by atoms with E-state index in [1.165, 1.54) is 51.5 Å². The highest BCUT2D eigenvalue weighted by Crippen LogP contribution is 2.28. The van der Waals surface area contributed by atoms with Crippen LogP contribution in [0.3, 0.4) is 0 Å².